The van der Waals surface area contributed by atoms with Gasteiger partial charge in [-0.25, -0.2) is 4.79 Å². The zero-order chi connectivity index (χ0) is 18.4. The van der Waals surface area contributed by atoms with E-state index in [-0.39, 0.29) is 5.75 Å². The van der Waals surface area contributed by atoms with E-state index in [1.807, 2.05) is 0 Å². The summed E-state index contributed by atoms with van der Waals surface area (Å²) < 4.78 is 57.6. The summed E-state index contributed by atoms with van der Waals surface area (Å²) in [5.41, 5.74) is -0.753. The van der Waals surface area contributed by atoms with Crippen LogP contribution >= 0.6 is 0 Å². The van der Waals surface area contributed by atoms with Crippen LogP contribution in [0, 0.1) is 0 Å². The molecular formula is C17H15F3O5. The molecule has 0 heterocycles. The number of esters is 1. The Morgan fingerprint density at radius 1 is 0.880 bits per heavy atom. The first kappa shape index (κ1) is 18.6. The molecule has 0 saturated heterocycles. The molecule has 0 saturated carbocycles. The van der Waals surface area contributed by atoms with Crippen molar-refractivity contribution >= 4 is 5.97 Å². The molecular weight excluding hydrogens is 341 g/mol. The molecule has 0 aliphatic carbocycles. The summed E-state index contributed by atoms with van der Waals surface area (Å²) in [4.78, 5) is 11.4. The Morgan fingerprint density at radius 3 is 1.80 bits per heavy atom. The van der Waals surface area contributed by atoms with Crippen molar-refractivity contribution in [1.82, 2.24) is 0 Å². The number of halogens is 3. The first-order valence-electron chi connectivity index (χ1n) is 7.06. The molecule has 0 aliphatic rings. The first-order chi connectivity index (χ1) is 11.8. The lowest BCUT2D eigenvalue weighted by atomic mass is 10.2. The average Bonchev–Trinajstić information content (AvgIpc) is 2.60. The molecule has 25 heavy (non-hydrogen) atoms. The standard InChI is InChI=1S/C17H15F3O5/c1-22-15(21)16(23-2)25-14-9-7-13(8-10-14)24-12-5-3-11(4-6-12)17(18,19)20/h3-10,16H,1-2H3. The number of alkyl halides is 3. The van der Waals surface area contributed by atoms with Gasteiger partial charge in [0, 0.05) is 7.11 Å². The van der Waals surface area contributed by atoms with Gasteiger partial charge in [0.15, 0.2) is 0 Å². The number of carbonyl (C=O) groups is 1. The van der Waals surface area contributed by atoms with Crippen LogP contribution in [0.15, 0.2) is 48.5 Å². The molecule has 0 spiro atoms. The Kier molecular flexibility index (Phi) is 5.87. The van der Waals surface area contributed by atoms with Crippen LogP contribution in [0.1, 0.15) is 5.56 Å². The summed E-state index contributed by atoms with van der Waals surface area (Å²) in [5.74, 6) is 0.287. The van der Waals surface area contributed by atoms with E-state index in [2.05, 4.69) is 4.74 Å². The minimum atomic E-state index is -4.39. The highest BCUT2D eigenvalue weighted by Gasteiger charge is 2.30. The van der Waals surface area contributed by atoms with Crippen molar-refractivity contribution in [3.05, 3.63) is 54.1 Å². The third-order valence-electron chi connectivity index (χ3n) is 3.09. The van der Waals surface area contributed by atoms with Gasteiger partial charge in [-0.1, -0.05) is 0 Å². The Morgan fingerprint density at radius 2 is 1.36 bits per heavy atom. The first-order valence-corrected chi connectivity index (χ1v) is 7.06. The predicted octanol–water partition coefficient (Wildman–Crippen LogP) is 4.02. The van der Waals surface area contributed by atoms with E-state index >= 15 is 0 Å². The maximum atomic E-state index is 12.5. The number of ether oxygens (including phenoxy) is 4. The van der Waals surface area contributed by atoms with E-state index in [9.17, 15) is 18.0 Å². The van der Waals surface area contributed by atoms with E-state index < -0.39 is 24.0 Å². The number of hydrogen-bond acceptors (Lipinski definition) is 5. The number of methoxy groups -OCH3 is 2. The van der Waals surface area contributed by atoms with Gasteiger partial charge in [0.05, 0.1) is 12.7 Å². The van der Waals surface area contributed by atoms with Crippen molar-refractivity contribution in [1.29, 1.82) is 0 Å². The molecule has 0 radical (unpaired) electrons. The van der Waals surface area contributed by atoms with Crippen LogP contribution in [0.25, 0.3) is 0 Å². The normalized spacial score (nSPS) is 12.4. The molecule has 2 aromatic carbocycles. The van der Waals surface area contributed by atoms with Crippen molar-refractivity contribution < 1.29 is 36.9 Å². The minimum absolute atomic E-state index is 0.256. The lowest BCUT2D eigenvalue weighted by Gasteiger charge is -2.15. The summed E-state index contributed by atoms with van der Waals surface area (Å²) in [5, 5.41) is 0. The number of benzene rings is 2. The Bertz CT molecular complexity index is 696. The van der Waals surface area contributed by atoms with Gasteiger partial charge in [-0.3, -0.25) is 0 Å². The van der Waals surface area contributed by atoms with Crippen LogP contribution in [0.4, 0.5) is 13.2 Å². The van der Waals surface area contributed by atoms with Crippen molar-refractivity contribution in [2.24, 2.45) is 0 Å². The second kappa shape index (κ2) is 7.89. The lowest BCUT2D eigenvalue weighted by molar-refractivity contribution is -0.170. The summed E-state index contributed by atoms with van der Waals surface area (Å²) in [7, 11) is 2.50. The van der Waals surface area contributed by atoms with Gasteiger partial charge in [0.2, 0.25) is 0 Å². The van der Waals surface area contributed by atoms with E-state index in [1.165, 1.54) is 50.6 Å². The largest absolute Gasteiger partial charge is 0.464 e. The molecule has 0 aromatic heterocycles. The fourth-order valence-corrected chi connectivity index (χ4v) is 1.85. The topological polar surface area (TPSA) is 54.0 Å². The zero-order valence-corrected chi connectivity index (χ0v) is 13.4. The van der Waals surface area contributed by atoms with Crippen LogP contribution in [-0.2, 0) is 20.4 Å². The number of rotatable bonds is 6. The highest BCUT2D eigenvalue weighted by Crippen LogP contribution is 2.31. The van der Waals surface area contributed by atoms with E-state index in [0.717, 1.165) is 12.1 Å². The molecule has 1 atom stereocenters. The molecule has 134 valence electrons. The summed E-state index contributed by atoms with van der Waals surface area (Å²) in [6, 6.07) is 10.5. The van der Waals surface area contributed by atoms with Gasteiger partial charge >= 0.3 is 12.1 Å². The van der Waals surface area contributed by atoms with Gasteiger partial charge in [-0.05, 0) is 48.5 Å². The van der Waals surface area contributed by atoms with Crippen molar-refractivity contribution in [2.75, 3.05) is 14.2 Å². The average molecular weight is 356 g/mol. The van der Waals surface area contributed by atoms with Crippen LogP contribution < -0.4 is 9.47 Å². The molecule has 0 N–H and O–H groups in total. The molecule has 8 heteroatoms. The van der Waals surface area contributed by atoms with Crippen LogP contribution in [0.3, 0.4) is 0 Å². The third-order valence-corrected chi connectivity index (χ3v) is 3.09. The highest BCUT2D eigenvalue weighted by molar-refractivity contribution is 5.73. The van der Waals surface area contributed by atoms with Gasteiger partial charge in [-0.15, -0.1) is 0 Å². The predicted molar refractivity (Wildman–Crippen MR) is 81.4 cm³/mol. The Hall–Kier alpha value is -2.74. The van der Waals surface area contributed by atoms with Crippen molar-refractivity contribution in [2.45, 2.75) is 12.5 Å². The van der Waals surface area contributed by atoms with E-state index in [0.29, 0.717) is 11.5 Å². The Labute approximate surface area is 141 Å². The van der Waals surface area contributed by atoms with Gasteiger partial charge < -0.3 is 18.9 Å². The summed E-state index contributed by atoms with van der Waals surface area (Å²) in [6.07, 6.45) is -5.60. The minimum Gasteiger partial charge on any atom is -0.464 e. The second-order valence-electron chi connectivity index (χ2n) is 4.80. The van der Waals surface area contributed by atoms with Gasteiger partial charge in [-0.2, -0.15) is 13.2 Å². The highest BCUT2D eigenvalue weighted by atomic mass is 19.4. The number of hydrogen-bond donors (Lipinski definition) is 0. The number of carbonyl (C=O) groups excluding carboxylic acids is 1. The Balaban J connectivity index is 2.01. The fourth-order valence-electron chi connectivity index (χ4n) is 1.85. The van der Waals surface area contributed by atoms with Gasteiger partial charge in [0.25, 0.3) is 6.29 Å². The molecule has 0 bridgehead atoms. The lowest BCUT2D eigenvalue weighted by Crippen LogP contribution is -2.30. The quantitative estimate of drug-likeness (QED) is 0.578. The zero-order valence-electron chi connectivity index (χ0n) is 13.4. The monoisotopic (exact) mass is 356 g/mol. The molecule has 0 amide bonds. The van der Waals surface area contributed by atoms with Crippen LogP contribution in [-0.4, -0.2) is 26.5 Å². The molecule has 0 aliphatic heterocycles. The smallest absolute Gasteiger partial charge is 0.416 e. The second-order valence-corrected chi connectivity index (χ2v) is 4.80. The third kappa shape index (κ3) is 5.12. The van der Waals surface area contributed by atoms with Gasteiger partial charge in [0.1, 0.15) is 17.2 Å². The van der Waals surface area contributed by atoms with Crippen molar-refractivity contribution in [3.63, 3.8) is 0 Å². The SMILES string of the molecule is COC(=O)C(OC)Oc1ccc(Oc2ccc(C(F)(F)F)cc2)cc1. The fraction of sp³-hybridized carbons (Fsp3) is 0.235. The maximum Gasteiger partial charge on any atom is 0.416 e. The molecule has 2 aromatic rings. The molecule has 1 unspecified atom stereocenters. The van der Waals surface area contributed by atoms with Crippen molar-refractivity contribution in [3.8, 4) is 17.2 Å². The summed E-state index contributed by atoms with van der Waals surface area (Å²) in [6.45, 7) is 0. The van der Waals surface area contributed by atoms with E-state index in [4.69, 9.17) is 14.2 Å². The van der Waals surface area contributed by atoms with Crippen LogP contribution in [0.2, 0.25) is 0 Å². The van der Waals surface area contributed by atoms with E-state index in [1.54, 1.807) is 0 Å². The maximum absolute atomic E-state index is 12.5. The van der Waals surface area contributed by atoms with Crippen LogP contribution in [0.5, 0.6) is 17.2 Å². The molecule has 0 fully saturated rings. The molecule has 5 nitrogen and oxygen atoms in total. The summed E-state index contributed by atoms with van der Waals surface area (Å²) >= 11 is 0. The molecule has 2 rings (SSSR count).